The van der Waals surface area contributed by atoms with Gasteiger partial charge in [-0.2, -0.15) is 5.10 Å². The Morgan fingerprint density at radius 3 is 2.57 bits per heavy atom. The van der Waals surface area contributed by atoms with E-state index in [-0.39, 0.29) is 11.4 Å². The third-order valence-corrected chi connectivity index (χ3v) is 6.69. The molecule has 3 aromatic rings. The zero-order valence-electron chi connectivity index (χ0n) is 17.2. The summed E-state index contributed by atoms with van der Waals surface area (Å²) in [7, 11) is 0. The SMILES string of the molecule is CC(C)(Cc1cc(Cl)cc2cn[nH]c12)C1CCN(C(=O)Nc2ccc(Cl)cc2)CC1. The third kappa shape index (κ3) is 4.57. The highest BCUT2D eigenvalue weighted by molar-refractivity contribution is 6.31. The molecule has 1 aromatic heterocycles. The van der Waals surface area contributed by atoms with E-state index in [9.17, 15) is 4.79 Å². The van der Waals surface area contributed by atoms with Crippen molar-refractivity contribution < 1.29 is 4.79 Å². The topological polar surface area (TPSA) is 61.0 Å². The first-order valence-electron chi connectivity index (χ1n) is 10.2. The molecule has 7 heteroatoms. The molecule has 0 atom stereocenters. The number of nitrogens with one attached hydrogen (secondary N) is 2. The number of carbonyl (C=O) groups excluding carboxylic acids is 1. The van der Waals surface area contributed by atoms with Gasteiger partial charge in [0.15, 0.2) is 0 Å². The smallest absolute Gasteiger partial charge is 0.321 e. The fourth-order valence-electron chi connectivity index (χ4n) is 4.47. The molecule has 1 aliphatic rings. The number of aromatic amines is 1. The van der Waals surface area contributed by atoms with Gasteiger partial charge in [-0.1, -0.05) is 37.0 Å². The van der Waals surface area contributed by atoms with Crippen LogP contribution in [0.15, 0.2) is 42.6 Å². The van der Waals surface area contributed by atoms with Crippen LogP contribution in [0.1, 0.15) is 32.3 Å². The lowest BCUT2D eigenvalue weighted by Gasteiger charge is -2.41. The highest BCUT2D eigenvalue weighted by Crippen LogP contribution is 2.39. The number of aromatic nitrogens is 2. The molecule has 0 saturated carbocycles. The number of piperidine rings is 1. The number of hydrogen-bond acceptors (Lipinski definition) is 2. The standard InChI is InChI=1S/C23H26Cl2N4O/c1-23(2,13-15-11-19(25)12-16-14-26-28-21(15)16)17-7-9-29(10-8-17)22(30)27-20-5-3-18(24)4-6-20/h3-6,11-12,14,17H,7-10,13H2,1-2H3,(H,26,28)(H,27,30). The first kappa shape index (κ1) is 21.0. The molecule has 5 nitrogen and oxygen atoms in total. The summed E-state index contributed by atoms with van der Waals surface area (Å²) < 4.78 is 0. The number of halogens is 2. The molecular weight excluding hydrogens is 419 g/mol. The number of nitrogens with zero attached hydrogens (tertiary/aromatic N) is 2. The summed E-state index contributed by atoms with van der Waals surface area (Å²) in [5.41, 5.74) is 3.10. The number of hydrogen-bond donors (Lipinski definition) is 2. The molecule has 2 amide bonds. The third-order valence-electron chi connectivity index (χ3n) is 6.22. The Bertz CT molecular complexity index is 1040. The van der Waals surface area contributed by atoms with Crippen LogP contribution < -0.4 is 5.32 Å². The lowest BCUT2D eigenvalue weighted by atomic mass is 9.70. The molecule has 0 bridgehead atoms. The van der Waals surface area contributed by atoms with E-state index >= 15 is 0 Å². The minimum absolute atomic E-state index is 0.0532. The Morgan fingerprint density at radius 1 is 1.17 bits per heavy atom. The zero-order valence-corrected chi connectivity index (χ0v) is 18.7. The van der Waals surface area contributed by atoms with Crippen LogP contribution in [0, 0.1) is 11.3 Å². The summed E-state index contributed by atoms with van der Waals surface area (Å²) >= 11 is 12.2. The van der Waals surface area contributed by atoms with Gasteiger partial charge in [0, 0.05) is 34.2 Å². The van der Waals surface area contributed by atoms with Crippen LogP contribution in [0.25, 0.3) is 10.9 Å². The molecule has 2 heterocycles. The predicted molar refractivity (Wildman–Crippen MR) is 123 cm³/mol. The van der Waals surface area contributed by atoms with E-state index in [1.54, 1.807) is 12.1 Å². The van der Waals surface area contributed by atoms with Crippen molar-refractivity contribution in [2.45, 2.75) is 33.1 Å². The Morgan fingerprint density at radius 2 is 1.87 bits per heavy atom. The van der Waals surface area contributed by atoms with Crippen molar-refractivity contribution in [1.29, 1.82) is 0 Å². The van der Waals surface area contributed by atoms with Crippen molar-refractivity contribution in [3.8, 4) is 0 Å². The number of anilines is 1. The van der Waals surface area contributed by atoms with Crippen molar-refractivity contribution in [3.05, 3.63) is 58.2 Å². The molecule has 30 heavy (non-hydrogen) atoms. The van der Waals surface area contributed by atoms with E-state index in [2.05, 4.69) is 29.4 Å². The van der Waals surface area contributed by atoms with Crippen LogP contribution in [0.5, 0.6) is 0 Å². The highest BCUT2D eigenvalue weighted by atomic mass is 35.5. The fraction of sp³-hybridized carbons (Fsp3) is 0.391. The number of amides is 2. The molecule has 1 saturated heterocycles. The van der Waals surface area contributed by atoms with Crippen molar-refractivity contribution in [3.63, 3.8) is 0 Å². The zero-order chi connectivity index (χ0) is 21.3. The second-order valence-electron chi connectivity index (χ2n) is 8.76. The number of urea groups is 1. The minimum atomic E-state index is -0.0532. The molecule has 0 radical (unpaired) electrons. The van der Waals surface area contributed by atoms with Gasteiger partial charge < -0.3 is 10.2 Å². The Balaban J connectivity index is 1.38. The normalized spacial score (nSPS) is 15.5. The van der Waals surface area contributed by atoms with E-state index in [4.69, 9.17) is 23.2 Å². The molecule has 2 aromatic carbocycles. The Labute approximate surface area is 186 Å². The monoisotopic (exact) mass is 444 g/mol. The molecule has 0 spiro atoms. The number of rotatable bonds is 4. The molecular formula is C23H26Cl2N4O. The summed E-state index contributed by atoms with van der Waals surface area (Å²) in [6.07, 6.45) is 4.69. The highest BCUT2D eigenvalue weighted by Gasteiger charge is 2.34. The summed E-state index contributed by atoms with van der Waals surface area (Å²) in [6, 6.07) is 11.1. The molecule has 1 aliphatic heterocycles. The maximum absolute atomic E-state index is 12.6. The van der Waals surface area contributed by atoms with Gasteiger partial charge in [-0.05, 0) is 72.6 Å². The molecule has 4 rings (SSSR count). The maximum atomic E-state index is 12.6. The van der Waals surface area contributed by atoms with Crippen molar-refractivity contribution in [2.75, 3.05) is 18.4 Å². The number of H-pyrrole nitrogens is 1. The quantitative estimate of drug-likeness (QED) is 0.489. The van der Waals surface area contributed by atoms with E-state index in [0.717, 1.165) is 54.0 Å². The lowest BCUT2D eigenvalue weighted by Crippen LogP contribution is -2.44. The largest absolute Gasteiger partial charge is 0.325 e. The van der Waals surface area contributed by atoms with Crippen LogP contribution in [-0.2, 0) is 6.42 Å². The van der Waals surface area contributed by atoms with Gasteiger partial charge in [0.1, 0.15) is 0 Å². The summed E-state index contributed by atoms with van der Waals surface area (Å²) in [5, 5.41) is 12.7. The molecule has 0 unspecified atom stereocenters. The van der Waals surface area contributed by atoms with Gasteiger partial charge in [0.2, 0.25) is 0 Å². The minimum Gasteiger partial charge on any atom is -0.325 e. The van der Waals surface area contributed by atoms with Crippen LogP contribution in [0.2, 0.25) is 10.0 Å². The van der Waals surface area contributed by atoms with E-state index in [1.165, 1.54) is 5.56 Å². The van der Waals surface area contributed by atoms with Crippen molar-refractivity contribution in [1.82, 2.24) is 15.1 Å². The maximum Gasteiger partial charge on any atom is 0.321 e. The van der Waals surface area contributed by atoms with Crippen molar-refractivity contribution in [2.24, 2.45) is 11.3 Å². The van der Waals surface area contributed by atoms with E-state index in [1.807, 2.05) is 35.4 Å². The fourth-order valence-corrected chi connectivity index (χ4v) is 4.84. The van der Waals surface area contributed by atoms with Crippen LogP contribution in [-0.4, -0.2) is 34.2 Å². The first-order valence-corrected chi connectivity index (χ1v) is 11.0. The predicted octanol–water partition coefficient (Wildman–Crippen LogP) is 6.38. The Hall–Kier alpha value is -2.24. The van der Waals surface area contributed by atoms with Gasteiger partial charge >= 0.3 is 6.03 Å². The molecule has 1 fully saturated rings. The van der Waals surface area contributed by atoms with Crippen LogP contribution >= 0.6 is 23.2 Å². The lowest BCUT2D eigenvalue weighted by molar-refractivity contribution is 0.115. The Kier molecular flexibility index (Phi) is 5.94. The second kappa shape index (κ2) is 8.48. The number of carbonyl (C=O) groups is 1. The van der Waals surface area contributed by atoms with Gasteiger partial charge in [-0.25, -0.2) is 4.79 Å². The van der Waals surface area contributed by atoms with Crippen LogP contribution in [0.4, 0.5) is 10.5 Å². The van der Waals surface area contributed by atoms with Gasteiger partial charge in [0.05, 0.1) is 11.7 Å². The summed E-state index contributed by atoms with van der Waals surface area (Å²) in [4.78, 5) is 14.5. The average molecular weight is 445 g/mol. The number of benzene rings is 2. The van der Waals surface area contributed by atoms with E-state index < -0.39 is 0 Å². The summed E-state index contributed by atoms with van der Waals surface area (Å²) in [6.45, 7) is 6.12. The van der Waals surface area contributed by atoms with Crippen molar-refractivity contribution >= 4 is 45.8 Å². The van der Waals surface area contributed by atoms with E-state index in [0.29, 0.717) is 10.9 Å². The molecule has 2 N–H and O–H groups in total. The van der Waals surface area contributed by atoms with Gasteiger partial charge in [0.25, 0.3) is 0 Å². The van der Waals surface area contributed by atoms with Gasteiger partial charge in [-0.3, -0.25) is 5.10 Å². The van der Waals surface area contributed by atoms with Crippen LogP contribution in [0.3, 0.4) is 0 Å². The average Bonchev–Trinajstić information content (AvgIpc) is 3.18. The number of fused-ring (bicyclic) bond motifs is 1. The molecule has 158 valence electrons. The summed E-state index contributed by atoms with van der Waals surface area (Å²) in [5.74, 6) is 0.522. The molecule has 0 aliphatic carbocycles. The number of likely N-dealkylation sites (tertiary alicyclic amines) is 1. The van der Waals surface area contributed by atoms with Gasteiger partial charge in [-0.15, -0.1) is 0 Å². The first-order chi connectivity index (χ1) is 14.3. The second-order valence-corrected chi connectivity index (χ2v) is 9.64.